The summed E-state index contributed by atoms with van der Waals surface area (Å²) in [6.45, 7) is 5.07. The molecule has 0 aromatic carbocycles. The number of imidazole rings is 1. The molecule has 0 bridgehead atoms. The van der Waals surface area contributed by atoms with Gasteiger partial charge < -0.3 is 4.57 Å². The second-order valence-electron chi connectivity index (χ2n) is 3.93. The summed E-state index contributed by atoms with van der Waals surface area (Å²) >= 11 is 7.38. The molecule has 2 aromatic rings. The van der Waals surface area contributed by atoms with Crippen molar-refractivity contribution in [2.45, 2.75) is 32.2 Å². The normalized spacial score (nSPS) is 11.2. The zero-order chi connectivity index (χ0) is 11.5. The van der Waals surface area contributed by atoms with Crippen LogP contribution in [-0.4, -0.2) is 14.5 Å². The standard InChI is InChI=1S/C11H14ClN3S/c1-8(2)11-13-3-4-15(11)6-10-14-9(5-12)7-16-10/h3-4,7-8H,5-6H2,1-2H3. The number of aromatic nitrogens is 3. The van der Waals surface area contributed by atoms with E-state index in [-0.39, 0.29) is 0 Å². The number of hydrogen-bond donors (Lipinski definition) is 0. The monoisotopic (exact) mass is 255 g/mol. The van der Waals surface area contributed by atoms with Gasteiger partial charge in [0.25, 0.3) is 0 Å². The van der Waals surface area contributed by atoms with Crippen molar-refractivity contribution < 1.29 is 0 Å². The molecule has 0 fully saturated rings. The van der Waals surface area contributed by atoms with Crippen LogP contribution in [0.3, 0.4) is 0 Å². The van der Waals surface area contributed by atoms with Gasteiger partial charge in [-0.2, -0.15) is 0 Å². The summed E-state index contributed by atoms with van der Waals surface area (Å²) in [6, 6.07) is 0. The first kappa shape index (κ1) is 11.6. The molecular weight excluding hydrogens is 242 g/mol. The molecule has 0 atom stereocenters. The van der Waals surface area contributed by atoms with E-state index < -0.39 is 0 Å². The molecule has 0 radical (unpaired) electrons. The van der Waals surface area contributed by atoms with Crippen LogP contribution < -0.4 is 0 Å². The minimum Gasteiger partial charge on any atom is -0.328 e. The van der Waals surface area contributed by atoms with Gasteiger partial charge in [0.2, 0.25) is 0 Å². The van der Waals surface area contributed by atoms with Crippen molar-refractivity contribution in [3.05, 3.63) is 34.3 Å². The van der Waals surface area contributed by atoms with Crippen LogP contribution in [0.25, 0.3) is 0 Å². The van der Waals surface area contributed by atoms with Crippen LogP contribution in [0.2, 0.25) is 0 Å². The summed E-state index contributed by atoms with van der Waals surface area (Å²) in [5.41, 5.74) is 0.952. The van der Waals surface area contributed by atoms with E-state index in [9.17, 15) is 0 Å². The van der Waals surface area contributed by atoms with Gasteiger partial charge in [-0.1, -0.05) is 13.8 Å². The maximum atomic E-state index is 5.73. The summed E-state index contributed by atoms with van der Waals surface area (Å²) in [5, 5.41) is 3.09. The Balaban J connectivity index is 2.17. The molecule has 0 saturated carbocycles. The summed E-state index contributed by atoms with van der Waals surface area (Å²) in [6.07, 6.45) is 3.84. The van der Waals surface area contributed by atoms with Crippen LogP contribution in [0.15, 0.2) is 17.8 Å². The van der Waals surface area contributed by atoms with E-state index >= 15 is 0 Å². The fourth-order valence-electron chi connectivity index (χ4n) is 1.58. The summed E-state index contributed by atoms with van der Waals surface area (Å²) < 4.78 is 2.14. The van der Waals surface area contributed by atoms with Crippen LogP contribution in [-0.2, 0) is 12.4 Å². The molecule has 0 unspecified atom stereocenters. The molecule has 0 aliphatic carbocycles. The number of alkyl halides is 1. The molecule has 2 aromatic heterocycles. The Hall–Kier alpha value is -0.870. The predicted molar refractivity (Wildman–Crippen MR) is 67.1 cm³/mol. The van der Waals surface area contributed by atoms with Crippen molar-refractivity contribution in [2.75, 3.05) is 0 Å². The highest BCUT2D eigenvalue weighted by molar-refractivity contribution is 7.09. The van der Waals surface area contributed by atoms with E-state index in [0.717, 1.165) is 23.1 Å². The van der Waals surface area contributed by atoms with Crippen molar-refractivity contribution in [2.24, 2.45) is 0 Å². The maximum Gasteiger partial charge on any atom is 0.113 e. The van der Waals surface area contributed by atoms with Gasteiger partial charge in [-0.05, 0) is 0 Å². The summed E-state index contributed by atoms with van der Waals surface area (Å²) in [4.78, 5) is 8.79. The Bertz CT molecular complexity index is 461. The van der Waals surface area contributed by atoms with Gasteiger partial charge >= 0.3 is 0 Å². The quantitative estimate of drug-likeness (QED) is 0.786. The summed E-state index contributed by atoms with van der Waals surface area (Å²) in [5.74, 6) is 2.02. The molecule has 0 N–H and O–H groups in total. The average Bonchev–Trinajstić information content (AvgIpc) is 2.87. The van der Waals surface area contributed by atoms with Gasteiger partial charge in [0.1, 0.15) is 10.8 Å². The van der Waals surface area contributed by atoms with E-state index in [1.54, 1.807) is 11.3 Å². The molecule has 0 spiro atoms. The highest BCUT2D eigenvalue weighted by Gasteiger charge is 2.09. The highest BCUT2D eigenvalue weighted by Crippen LogP contribution is 2.17. The topological polar surface area (TPSA) is 30.7 Å². The molecule has 3 nitrogen and oxygen atoms in total. The lowest BCUT2D eigenvalue weighted by molar-refractivity contribution is 0.667. The van der Waals surface area contributed by atoms with Crippen molar-refractivity contribution in [1.82, 2.24) is 14.5 Å². The molecular formula is C11H14ClN3S. The molecule has 0 saturated heterocycles. The first-order valence-electron chi connectivity index (χ1n) is 5.21. The number of halogens is 1. The first-order valence-corrected chi connectivity index (χ1v) is 6.62. The van der Waals surface area contributed by atoms with Crippen LogP contribution in [0.1, 0.15) is 36.3 Å². The lowest BCUT2D eigenvalue weighted by atomic mass is 10.2. The number of nitrogens with zero attached hydrogens (tertiary/aromatic N) is 3. The average molecular weight is 256 g/mol. The van der Waals surface area contributed by atoms with Crippen LogP contribution in [0, 0.1) is 0 Å². The van der Waals surface area contributed by atoms with Gasteiger partial charge in [0, 0.05) is 23.7 Å². The predicted octanol–water partition coefficient (Wildman–Crippen LogP) is 3.25. The molecule has 16 heavy (non-hydrogen) atoms. The third-order valence-electron chi connectivity index (χ3n) is 2.31. The van der Waals surface area contributed by atoms with Crippen LogP contribution in [0.5, 0.6) is 0 Å². The summed E-state index contributed by atoms with van der Waals surface area (Å²) in [7, 11) is 0. The molecule has 2 rings (SSSR count). The minimum atomic E-state index is 0.433. The van der Waals surface area contributed by atoms with Crippen molar-refractivity contribution in [1.29, 1.82) is 0 Å². The number of hydrogen-bond acceptors (Lipinski definition) is 3. The largest absolute Gasteiger partial charge is 0.328 e. The van der Waals surface area contributed by atoms with E-state index in [1.165, 1.54) is 0 Å². The fourth-order valence-corrected chi connectivity index (χ4v) is 2.60. The Labute approximate surface area is 104 Å². The Kier molecular flexibility index (Phi) is 3.61. The number of thiazole rings is 1. The SMILES string of the molecule is CC(C)c1nccn1Cc1nc(CCl)cs1. The molecule has 86 valence electrons. The highest BCUT2D eigenvalue weighted by atomic mass is 35.5. The number of rotatable bonds is 4. The second kappa shape index (κ2) is 4.97. The van der Waals surface area contributed by atoms with Gasteiger partial charge in [-0.25, -0.2) is 9.97 Å². The minimum absolute atomic E-state index is 0.433. The van der Waals surface area contributed by atoms with Crippen molar-refractivity contribution >= 4 is 22.9 Å². The smallest absolute Gasteiger partial charge is 0.113 e. The first-order chi connectivity index (χ1) is 7.70. The van der Waals surface area contributed by atoms with Crippen LogP contribution >= 0.6 is 22.9 Å². The zero-order valence-corrected chi connectivity index (χ0v) is 10.9. The zero-order valence-electron chi connectivity index (χ0n) is 9.35. The van der Waals surface area contributed by atoms with Gasteiger partial charge in [0.05, 0.1) is 18.1 Å². The molecule has 0 aliphatic heterocycles. The van der Waals surface area contributed by atoms with Crippen LogP contribution in [0.4, 0.5) is 0 Å². The lowest BCUT2D eigenvalue weighted by Crippen LogP contribution is -2.05. The Morgan fingerprint density at radius 1 is 1.50 bits per heavy atom. The maximum absolute atomic E-state index is 5.73. The molecule has 5 heteroatoms. The fraction of sp³-hybridized carbons (Fsp3) is 0.455. The third kappa shape index (κ3) is 2.44. The van der Waals surface area contributed by atoms with Gasteiger partial charge in [0.15, 0.2) is 0 Å². The molecule has 2 heterocycles. The van der Waals surface area contributed by atoms with E-state index in [4.69, 9.17) is 11.6 Å². The Morgan fingerprint density at radius 3 is 2.94 bits per heavy atom. The molecule has 0 amide bonds. The van der Waals surface area contributed by atoms with E-state index in [0.29, 0.717) is 11.8 Å². The van der Waals surface area contributed by atoms with Crippen molar-refractivity contribution in [3.63, 3.8) is 0 Å². The van der Waals surface area contributed by atoms with Gasteiger partial charge in [-0.15, -0.1) is 22.9 Å². The van der Waals surface area contributed by atoms with E-state index in [1.807, 2.05) is 17.8 Å². The van der Waals surface area contributed by atoms with E-state index in [2.05, 4.69) is 28.4 Å². The lowest BCUT2D eigenvalue weighted by Gasteiger charge is -2.08. The second-order valence-corrected chi connectivity index (χ2v) is 5.14. The molecule has 0 aliphatic rings. The Morgan fingerprint density at radius 2 is 2.31 bits per heavy atom. The van der Waals surface area contributed by atoms with Gasteiger partial charge in [-0.3, -0.25) is 0 Å². The van der Waals surface area contributed by atoms with Crippen molar-refractivity contribution in [3.8, 4) is 0 Å². The third-order valence-corrected chi connectivity index (χ3v) is 3.46.